The third-order valence-electron chi connectivity index (χ3n) is 10.9. The number of hydrogen-bond donors (Lipinski definition) is 0. The Bertz CT molecular complexity index is 2740. The number of para-hydroxylation sites is 1. The lowest BCUT2D eigenvalue weighted by Gasteiger charge is -2.34. The van der Waals surface area contributed by atoms with Crippen molar-refractivity contribution in [3.8, 4) is 22.9 Å². The van der Waals surface area contributed by atoms with Crippen molar-refractivity contribution < 1.29 is 0 Å². The minimum absolute atomic E-state index is 0.528. The number of hydrogen-bond acceptors (Lipinski definition) is 1. The number of aromatic nitrogens is 1. The Morgan fingerprint density at radius 2 is 0.943 bits per heavy atom. The van der Waals surface area contributed by atoms with Crippen LogP contribution in [0.4, 0.5) is 0 Å². The maximum absolute atomic E-state index is 9.49. The lowest BCUT2D eigenvalue weighted by atomic mass is 9.67. The quantitative estimate of drug-likeness (QED) is 0.160. The average molecular weight is 693 g/mol. The van der Waals surface area contributed by atoms with E-state index >= 15 is 0 Å². The van der Waals surface area contributed by atoms with Gasteiger partial charge in [0.05, 0.1) is 28.1 Å². The van der Waals surface area contributed by atoms with E-state index < -0.39 is 13.3 Å². The standard InChI is InChI=1S/C50H33N2P/c51-34-35-23-28-38(29-24-35)52-48-22-12-9-19-44(48)45-33-37(27-32-49(45)52)50(46-20-10-7-17-42(46)43-18-8-11-21-47(43)50)36-25-30-41(31-26-36)53(39-13-3-1-4-14-39)40-15-5-2-6-16-40/h1-33H. The molecule has 10 rings (SSSR count). The zero-order valence-electron chi connectivity index (χ0n) is 28.9. The second kappa shape index (κ2) is 12.6. The second-order valence-corrected chi connectivity index (χ2v) is 15.9. The Labute approximate surface area is 310 Å². The summed E-state index contributed by atoms with van der Waals surface area (Å²) in [6, 6.07) is 75.2. The van der Waals surface area contributed by atoms with Gasteiger partial charge in [-0.05, 0) is 99.7 Å². The molecule has 3 heteroatoms. The third kappa shape index (κ3) is 4.83. The van der Waals surface area contributed by atoms with Gasteiger partial charge >= 0.3 is 0 Å². The van der Waals surface area contributed by atoms with Crippen LogP contribution in [0.25, 0.3) is 38.6 Å². The highest BCUT2D eigenvalue weighted by Gasteiger charge is 2.46. The summed E-state index contributed by atoms with van der Waals surface area (Å²) in [4.78, 5) is 0. The van der Waals surface area contributed by atoms with Crippen molar-refractivity contribution in [1.29, 1.82) is 5.26 Å². The van der Waals surface area contributed by atoms with Crippen LogP contribution in [0.5, 0.6) is 0 Å². The first kappa shape index (κ1) is 31.2. The van der Waals surface area contributed by atoms with E-state index in [0.717, 1.165) is 16.7 Å². The molecule has 0 atom stereocenters. The van der Waals surface area contributed by atoms with Crippen LogP contribution in [0.15, 0.2) is 200 Å². The Kier molecular flexibility index (Phi) is 7.43. The van der Waals surface area contributed by atoms with Crippen molar-refractivity contribution >= 4 is 45.6 Å². The summed E-state index contributed by atoms with van der Waals surface area (Å²) in [5.74, 6) is 0. The van der Waals surface area contributed by atoms with Gasteiger partial charge in [-0.3, -0.25) is 0 Å². The Morgan fingerprint density at radius 1 is 0.434 bits per heavy atom. The molecule has 1 heterocycles. The van der Waals surface area contributed by atoms with Gasteiger partial charge in [-0.15, -0.1) is 0 Å². The van der Waals surface area contributed by atoms with Crippen molar-refractivity contribution in [3.05, 3.63) is 228 Å². The number of nitriles is 1. The third-order valence-corrected chi connectivity index (χ3v) is 13.3. The Morgan fingerprint density at radius 3 is 1.57 bits per heavy atom. The number of fused-ring (bicyclic) bond motifs is 6. The molecular weight excluding hydrogens is 660 g/mol. The van der Waals surface area contributed by atoms with Crippen LogP contribution in [-0.2, 0) is 5.41 Å². The summed E-state index contributed by atoms with van der Waals surface area (Å²) in [7, 11) is -0.733. The summed E-state index contributed by atoms with van der Waals surface area (Å²) in [5.41, 5.74) is 11.1. The van der Waals surface area contributed by atoms with Gasteiger partial charge in [-0.1, -0.05) is 158 Å². The molecule has 0 saturated carbocycles. The highest BCUT2D eigenvalue weighted by atomic mass is 31.1. The number of benzene rings is 8. The van der Waals surface area contributed by atoms with Gasteiger partial charge in [0, 0.05) is 16.5 Å². The van der Waals surface area contributed by atoms with E-state index in [1.165, 1.54) is 60.1 Å². The molecule has 0 unspecified atom stereocenters. The molecule has 2 nitrogen and oxygen atoms in total. The van der Waals surface area contributed by atoms with E-state index in [1.807, 2.05) is 24.3 Å². The molecule has 53 heavy (non-hydrogen) atoms. The minimum Gasteiger partial charge on any atom is -0.309 e. The highest BCUT2D eigenvalue weighted by Crippen LogP contribution is 2.56. The lowest BCUT2D eigenvalue weighted by molar-refractivity contribution is 0.770. The predicted octanol–water partition coefficient (Wildman–Crippen LogP) is 10.8. The monoisotopic (exact) mass is 692 g/mol. The van der Waals surface area contributed by atoms with Crippen molar-refractivity contribution in [2.75, 3.05) is 0 Å². The van der Waals surface area contributed by atoms with E-state index in [2.05, 4.69) is 187 Å². The largest absolute Gasteiger partial charge is 0.309 e. The molecular formula is C50H33N2P. The van der Waals surface area contributed by atoms with Crippen LogP contribution < -0.4 is 15.9 Å². The number of nitrogens with zero attached hydrogens (tertiary/aromatic N) is 2. The van der Waals surface area contributed by atoms with Gasteiger partial charge in [-0.2, -0.15) is 5.26 Å². The van der Waals surface area contributed by atoms with Crippen LogP contribution in [0.3, 0.4) is 0 Å². The Hall–Kier alpha value is -6.52. The Balaban J connectivity index is 1.22. The van der Waals surface area contributed by atoms with Crippen LogP contribution in [0, 0.1) is 11.3 Å². The van der Waals surface area contributed by atoms with Gasteiger partial charge in [0.2, 0.25) is 0 Å². The first-order chi connectivity index (χ1) is 26.3. The topological polar surface area (TPSA) is 28.7 Å². The fourth-order valence-electron chi connectivity index (χ4n) is 8.65. The van der Waals surface area contributed by atoms with E-state index in [1.54, 1.807) is 0 Å². The zero-order chi connectivity index (χ0) is 35.4. The molecule has 1 aromatic heterocycles. The van der Waals surface area contributed by atoms with Gasteiger partial charge in [-0.25, -0.2) is 0 Å². The summed E-state index contributed by atoms with van der Waals surface area (Å²) in [5, 5.41) is 15.9. The fraction of sp³-hybridized carbons (Fsp3) is 0.0200. The van der Waals surface area contributed by atoms with Gasteiger partial charge in [0.15, 0.2) is 0 Å². The van der Waals surface area contributed by atoms with E-state index in [-0.39, 0.29) is 0 Å². The zero-order valence-corrected chi connectivity index (χ0v) is 29.8. The first-order valence-electron chi connectivity index (χ1n) is 18.0. The summed E-state index contributed by atoms with van der Waals surface area (Å²) in [6.45, 7) is 0. The van der Waals surface area contributed by atoms with Gasteiger partial charge in [0.25, 0.3) is 0 Å². The molecule has 0 fully saturated rings. The van der Waals surface area contributed by atoms with Crippen LogP contribution in [-0.4, -0.2) is 4.57 Å². The molecule has 1 aliphatic rings. The molecule has 0 spiro atoms. The van der Waals surface area contributed by atoms with Crippen molar-refractivity contribution in [3.63, 3.8) is 0 Å². The highest BCUT2D eigenvalue weighted by molar-refractivity contribution is 7.79. The molecule has 1 aliphatic carbocycles. The summed E-state index contributed by atoms with van der Waals surface area (Å²) >= 11 is 0. The molecule has 0 saturated heterocycles. The molecule has 8 aromatic carbocycles. The average Bonchev–Trinajstić information content (AvgIpc) is 3.73. The summed E-state index contributed by atoms with van der Waals surface area (Å²) in [6.07, 6.45) is 0. The summed E-state index contributed by atoms with van der Waals surface area (Å²) < 4.78 is 2.32. The molecule has 0 radical (unpaired) electrons. The predicted molar refractivity (Wildman–Crippen MR) is 222 cm³/mol. The van der Waals surface area contributed by atoms with Crippen molar-refractivity contribution in [2.45, 2.75) is 5.41 Å². The molecule has 9 aromatic rings. The van der Waals surface area contributed by atoms with Crippen molar-refractivity contribution in [2.24, 2.45) is 0 Å². The van der Waals surface area contributed by atoms with E-state index in [9.17, 15) is 5.26 Å². The molecule has 0 N–H and O–H groups in total. The van der Waals surface area contributed by atoms with E-state index in [4.69, 9.17) is 0 Å². The maximum Gasteiger partial charge on any atom is 0.0991 e. The van der Waals surface area contributed by atoms with Crippen LogP contribution in [0.2, 0.25) is 0 Å². The van der Waals surface area contributed by atoms with Gasteiger partial charge < -0.3 is 4.57 Å². The smallest absolute Gasteiger partial charge is 0.0991 e. The lowest BCUT2D eigenvalue weighted by Crippen LogP contribution is -2.29. The molecule has 0 bridgehead atoms. The SMILES string of the molecule is N#Cc1ccc(-n2c3ccccc3c3cc(C4(c5ccc(P(c6ccccc6)c6ccccc6)cc5)c5ccccc5-c5ccccc54)ccc32)cc1. The molecule has 248 valence electrons. The minimum atomic E-state index is -0.733. The van der Waals surface area contributed by atoms with Crippen LogP contribution >= 0.6 is 7.92 Å². The maximum atomic E-state index is 9.49. The van der Waals surface area contributed by atoms with Crippen molar-refractivity contribution in [1.82, 2.24) is 4.57 Å². The molecule has 0 aliphatic heterocycles. The van der Waals surface area contributed by atoms with Gasteiger partial charge in [0.1, 0.15) is 0 Å². The fourth-order valence-corrected chi connectivity index (χ4v) is 10.9. The number of rotatable bonds is 6. The first-order valence-corrected chi connectivity index (χ1v) is 19.3. The second-order valence-electron chi connectivity index (χ2n) is 13.6. The molecule has 0 amide bonds. The van der Waals surface area contributed by atoms with E-state index in [0.29, 0.717) is 5.56 Å². The van der Waals surface area contributed by atoms with Crippen LogP contribution in [0.1, 0.15) is 27.8 Å². The normalized spacial score (nSPS) is 12.8.